The Morgan fingerprint density at radius 1 is 0.944 bits per heavy atom. The number of halogens is 1. The third kappa shape index (κ3) is 1.89. The molecule has 0 amide bonds. The highest BCUT2D eigenvalue weighted by molar-refractivity contribution is 5.80. The van der Waals surface area contributed by atoms with Gasteiger partial charge in [-0.15, -0.1) is 0 Å². The largest absolute Gasteiger partial charge is 0.384 e. The fraction of sp³-hybridized carbons (Fsp3) is 0.0667. The van der Waals surface area contributed by atoms with Crippen molar-refractivity contribution in [2.75, 3.05) is 0 Å². The molecule has 0 bridgehead atoms. The first-order valence-corrected chi connectivity index (χ1v) is 5.74. The van der Waals surface area contributed by atoms with Gasteiger partial charge < -0.3 is 10.1 Å². The maximum atomic E-state index is 12.8. The highest BCUT2D eigenvalue weighted by atomic mass is 19.1. The molecule has 3 rings (SSSR count). The summed E-state index contributed by atoms with van der Waals surface area (Å²) in [5, 5.41) is 11.3. The molecule has 0 spiro atoms. The summed E-state index contributed by atoms with van der Waals surface area (Å²) in [5.41, 5.74) is 2.52. The van der Waals surface area contributed by atoms with Crippen LogP contribution in [0.25, 0.3) is 10.9 Å². The number of benzene rings is 2. The van der Waals surface area contributed by atoms with E-state index in [2.05, 4.69) is 4.98 Å². The normalized spacial score (nSPS) is 12.8. The molecule has 90 valence electrons. The number of aromatic nitrogens is 1. The number of fused-ring (bicyclic) bond motifs is 1. The van der Waals surface area contributed by atoms with Crippen LogP contribution in [0.15, 0.2) is 54.7 Å². The van der Waals surface area contributed by atoms with Crippen LogP contribution >= 0.6 is 0 Å². The SMILES string of the molecule is OC(c1ccc(F)cc1)c1ccc2[nH]ccc2c1. The molecule has 3 heteroatoms. The number of H-pyrrole nitrogens is 1. The first-order valence-electron chi connectivity index (χ1n) is 5.74. The lowest BCUT2D eigenvalue weighted by Gasteiger charge is -2.11. The molecule has 2 aromatic carbocycles. The van der Waals surface area contributed by atoms with Crippen molar-refractivity contribution in [2.24, 2.45) is 0 Å². The quantitative estimate of drug-likeness (QED) is 0.708. The predicted molar refractivity (Wildman–Crippen MR) is 68.8 cm³/mol. The number of hydrogen-bond acceptors (Lipinski definition) is 1. The van der Waals surface area contributed by atoms with Crippen LogP contribution in [-0.4, -0.2) is 10.1 Å². The molecule has 1 heterocycles. The van der Waals surface area contributed by atoms with Gasteiger partial charge >= 0.3 is 0 Å². The van der Waals surface area contributed by atoms with E-state index in [0.29, 0.717) is 5.56 Å². The number of aromatic amines is 1. The van der Waals surface area contributed by atoms with Crippen molar-refractivity contribution in [3.05, 3.63) is 71.7 Å². The summed E-state index contributed by atoms with van der Waals surface area (Å²) in [5.74, 6) is -0.299. The first-order chi connectivity index (χ1) is 8.74. The highest BCUT2D eigenvalue weighted by Gasteiger charge is 2.11. The Balaban J connectivity index is 2.00. The Hall–Kier alpha value is -2.13. The summed E-state index contributed by atoms with van der Waals surface area (Å²) in [4.78, 5) is 3.10. The summed E-state index contributed by atoms with van der Waals surface area (Å²) >= 11 is 0. The van der Waals surface area contributed by atoms with Crippen LogP contribution in [0.3, 0.4) is 0 Å². The highest BCUT2D eigenvalue weighted by Crippen LogP contribution is 2.25. The number of rotatable bonds is 2. The van der Waals surface area contributed by atoms with Crippen LogP contribution in [0.2, 0.25) is 0 Å². The van der Waals surface area contributed by atoms with Crippen molar-refractivity contribution in [1.82, 2.24) is 4.98 Å². The van der Waals surface area contributed by atoms with Gasteiger partial charge in [0.25, 0.3) is 0 Å². The van der Waals surface area contributed by atoms with Crippen LogP contribution in [0.5, 0.6) is 0 Å². The zero-order chi connectivity index (χ0) is 12.5. The van der Waals surface area contributed by atoms with E-state index in [1.807, 2.05) is 30.5 Å². The third-order valence-electron chi connectivity index (χ3n) is 3.08. The van der Waals surface area contributed by atoms with Crippen LogP contribution in [0, 0.1) is 5.82 Å². The van der Waals surface area contributed by atoms with Gasteiger partial charge in [0, 0.05) is 11.7 Å². The van der Waals surface area contributed by atoms with Crippen LogP contribution in [-0.2, 0) is 0 Å². The maximum absolute atomic E-state index is 12.8. The lowest BCUT2D eigenvalue weighted by molar-refractivity contribution is 0.220. The van der Waals surface area contributed by atoms with E-state index >= 15 is 0 Å². The molecule has 18 heavy (non-hydrogen) atoms. The fourth-order valence-electron chi connectivity index (χ4n) is 2.08. The molecule has 0 aliphatic heterocycles. The Morgan fingerprint density at radius 3 is 2.44 bits per heavy atom. The van der Waals surface area contributed by atoms with E-state index in [1.54, 1.807) is 12.1 Å². The summed E-state index contributed by atoms with van der Waals surface area (Å²) in [6.07, 6.45) is 1.13. The van der Waals surface area contributed by atoms with Gasteiger partial charge in [0.15, 0.2) is 0 Å². The van der Waals surface area contributed by atoms with E-state index in [0.717, 1.165) is 16.5 Å². The molecule has 1 unspecified atom stereocenters. The molecule has 0 saturated carbocycles. The molecular formula is C15H12FNO. The summed E-state index contributed by atoms with van der Waals surface area (Å²) in [6.45, 7) is 0. The maximum Gasteiger partial charge on any atom is 0.123 e. The Labute approximate surface area is 104 Å². The van der Waals surface area contributed by atoms with Gasteiger partial charge in [0.05, 0.1) is 0 Å². The molecule has 0 saturated heterocycles. The van der Waals surface area contributed by atoms with Crippen molar-refractivity contribution < 1.29 is 9.50 Å². The van der Waals surface area contributed by atoms with Crippen molar-refractivity contribution in [1.29, 1.82) is 0 Å². The second-order valence-corrected chi connectivity index (χ2v) is 4.28. The van der Waals surface area contributed by atoms with Gasteiger partial charge in [-0.1, -0.05) is 18.2 Å². The molecule has 1 aromatic heterocycles. The average Bonchev–Trinajstić information content (AvgIpc) is 2.86. The Bertz CT molecular complexity index is 672. The van der Waals surface area contributed by atoms with Gasteiger partial charge in [-0.2, -0.15) is 0 Å². The third-order valence-corrected chi connectivity index (χ3v) is 3.08. The second kappa shape index (κ2) is 4.27. The van der Waals surface area contributed by atoms with E-state index < -0.39 is 6.10 Å². The monoisotopic (exact) mass is 241 g/mol. The van der Waals surface area contributed by atoms with Crippen molar-refractivity contribution in [2.45, 2.75) is 6.10 Å². The second-order valence-electron chi connectivity index (χ2n) is 4.28. The molecule has 0 aliphatic carbocycles. The average molecular weight is 241 g/mol. The Kier molecular flexibility index (Phi) is 2.61. The van der Waals surface area contributed by atoms with Crippen molar-refractivity contribution >= 4 is 10.9 Å². The molecule has 2 nitrogen and oxygen atoms in total. The summed E-state index contributed by atoms with van der Waals surface area (Å²) < 4.78 is 12.8. The van der Waals surface area contributed by atoms with Crippen LogP contribution in [0.4, 0.5) is 4.39 Å². The minimum absolute atomic E-state index is 0.299. The van der Waals surface area contributed by atoms with Gasteiger partial charge in [0.2, 0.25) is 0 Å². The van der Waals surface area contributed by atoms with E-state index in [1.165, 1.54) is 12.1 Å². The van der Waals surface area contributed by atoms with E-state index in [9.17, 15) is 9.50 Å². The lowest BCUT2D eigenvalue weighted by atomic mass is 10.0. The molecule has 0 aliphatic rings. The van der Waals surface area contributed by atoms with Crippen molar-refractivity contribution in [3.8, 4) is 0 Å². The molecule has 0 fully saturated rings. The first kappa shape index (κ1) is 11.0. The topological polar surface area (TPSA) is 36.0 Å². The summed E-state index contributed by atoms with van der Waals surface area (Å²) in [7, 11) is 0. The van der Waals surface area contributed by atoms with Gasteiger partial charge in [0.1, 0.15) is 11.9 Å². The van der Waals surface area contributed by atoms with Crippen LogP contribution in [0.1, 0.15) is 17.2 Å². The van der Waals surface area contributed by atoms with E-state index in [-0.39, 0.29) is 5.82 Å². The van der Waals surface area contributed by atoms with E-state index in [4.69, 9.17) is 0 Å². The molecule has 2 N–H and O–H groups in total. The fourth-order valence-corrected chi connectivity index (χ4v) is 2.08. The minimum Gasteiger partial charge on any atom is -0.384 e. The smallest absolute Gasteiger partial charge is 0.123 e. The minimum atomic E-state index is -0.732. The van der Waals surface area contributed by atoms with Gasteiger partial charge in [-0.25, -0.2) is 4.39 Å². The standard InChI is InChI=1S/C15H12FNO/c16-13-4-1-10(2-5-13)15(18)12-3-6-14-11(9-12)7-8-17-14/h1-9,15,17-18H. The molecular weight excluding hydrogens is 229 g/mol. The number of nitrogens with one attached hydrogen (secondary N) is 1. The number of aliphatic hydroxyl groups excluding tert-OH is 1. The van der Waals surface area contributed by atoms with Gasteiger partial charge in [-0.3, -0.25) is 0 Å². The number of aliphatic hydroxyl groups is 1. The van der Waals surface area contributed by atoms with Crippen LogP contribution < -0.4 is 0 Å². The zero-order valence-corrected chi connectivity index (χ0v) is 9.60. The molecule has 3 aromatic rings. The molecule has 0 radical (unpaired) electrons. The van der Waals surface area contributed by atoms with Gasteiger partial charge in [-0.05, 0) is 46.8 Å². The Morgan fingerprint density at radius 2 is 1.67 bits per heavy atom. The van der Waals surface area contributed by atoms with Crippen molar-refractivity contribution in [3.63, 3.8) is 0 Å². The number of hydrogen-bond donors (Lipinski definition) is 2. The zero-order valence-electron chi connectivity index (χ0n) is 9.60. The predicted octanol–water partition coefficient (Wildman–Crippen LogP) is 3.39. The molecule has 1 atom stereocenters. The lowest BCUT2D eigenvalue weighted by Crippen LogP contribution is -1.99. The summed E-state index contributed by atoms with van der Waals surface area (Å²) in [6, 6.07) is 13.6.